The summed E-state index contributed by atoms with van der Waals surface area (Å²) in [5.74, 6) is 2.00. The van der Waals surface area contributed by atoms with Gasteiger partial charge in [-0.2, -0.15) is 0 Å². The number of rotatable bonds is 3. The first-order valence-corrected chi connectivity index (χ1v) is 4.56. The van der Waals surface area contributed by atoms with Crippen molar-refractivity contribution in [3.05, 3.63) is 33.7 Å². The molecular formula is C11H12N2O2. The Bertz CT molecular complexity index is 454. The predicted molar refractivity (Wildman–Crippen MR) is 57.6 cm³/mol. The van der Waals surface area contributed by atoms with Crippen LogP contribution in [0.15, 0.2) is 17.1 Å². The summed E-state index contributed by atoms with van der Waals surface area (Å²) in [7, 11) is 0. The van der Waals surface area contributed by atoms with E-state index in [1.54, 1.807) is 6.92 Å². The van der Waals surface area contributed by atoms with E-state index in [1.807, 2.05) is 0 Å². The Hall–Kier alpha value is -2.02. The van der Waals surface area contributed by atoms with Gasteiger partial charge in [0.2, 0.25) is 0 Å². The Morgan fingerprint density at radius 1 is 1.67 bits per heavy atom. The van der Waals surface area contributed by atoms with Crippen molar-refractivity contribution in [3.63, 3.8) is 0 Å². The largest absolute Gasteiger partial charge is 0.364 e. The Balaban J connectivity index is 2.75. The molecule has 0 fully saturated rings. The summed E-state index contributed by atoms with van der Waals surface area (Å²) in [6.45, 7) is 2.13. The van der Waals surface area contributed by atoms with Gasteiger partial charge in [-0.15, -0.1) is 12.3 Å². The zero-order chi connectivity index (χ0) is 11.3. The molecule has 4 heteroatoms. The third kappa shape index (κ3) is 2.99. The molecule has 4 nitrogen and oxygen atoms in total. The average Bonchev–Trinajstić information content (AvgIpc) is 2.17. The van der Waals surface area contributed by atoms with Crippen LogP contribution in [0.5, 0.6) is 0 Å². The number of aromatic amines is 1. The van der Waals surface area contributed by atoms with Crippen molar-refractivity contribution in [1.29, 1.82) is 0 Å². The van der Waals surface area contributed by atoms with Gasteiger partial charge in [0.05, 0.1) is 0 Å². The van der Waals surface area contributed by atoms with E-state index in [0.29, 0.717) is 13.0 Å². The average molecular weight is 204 g/mol. The number of carbonyl (C=O) groups excluding carboxylic acids is 1. The van der Waals surface area contributed by atoms with Crippen LogP contribution in [0.2, 0.25) is 0 Å². The quantitative estimate of drug-likeness (QED) is 0.554. The van der Waals surface area contributed by atoms with E-state index < -0.39 is 5.91 Å². The molecule has 0 aliphatic heterocycles. The lowest BCUT2D eigenvalue weighted by molar-refractivity contribution is 0.0953. The van der Waals surface area contributed by atoms with Crippen LogP contribution in [0.3, 0.4) is 0 Å². The summed E-state index contributed by atoms with van der Waals surface area (Å²) < 4.78 is 0. The molecule has 0 saturated heterocycles. The highest BCUT2D eigenvalue weighted by molar-refractivity contribution is 5.93. The first kappa shape index (κ1) is 11.1. The first-order chi connectivity index (χ1) is 7.15. The van der Waals surface area contributed by atoms with Crippen molar-refractivity contribution < 1.29 is 4.79 Å². The van der Waals surface area contributed by atoms with Crippen LogP contribution in [0.1, 0.15) is 22.5 Å². The monoisotopic (exact) mass is 204 g/mol. The van der Waals surface area contributed by atoms with Crippen LogP contribution >= 0.6 is 0 Å². The molecule has 0 aromatic carbocycles. The number of nitrogens with one attached hydrogen (secondary N) is 2. The minimum Gasteiger partial charge on any atom is -0.364 e. The van der Waals surface area contributed by atoms with Crippen molar-refractivity contribution in [2.75, 3.05) is 6.54 Å². The Morgan fingerprint density at radius 2 is 2.40 bits per heavy atom. The van der Waals surface area contributed by atoms with E-state index in [2.05, 4.69) is 16.2 Å². The highest BCUT2D eigenvalue weighted by Gasteiger charge is 2.08. The molecule has 1 amide bonds. The SMILES string of the molecule is C#CCCNC(=O)c1c[nH]c(C)cc1=O. The van der Waals surface area contributed by atoms with Crippen LogP contribution < -0.4 is 10.7 Å². The third-order valence-electron chi connectivity index (χ3n) is 1.86. The van der Waals surface area contributed by atoms with Crippen molar-refractivity contribution >= 4 is 5.91 Å². The molecule has 0 unspecified atom stereocenters. The molecule has 0 bridgehead atoms. The third-order valence-corrected chi connectivity index (χ3v) is 1.86. The molecule has 1 heterocycles. The number of amides is 1. The maximum Gasteiger partial charge on any atom is 0.256 e. The van der Waals surface area contributed by atoms with E-state index in [-0.39, 0.29) is 11.0 Å². The number of carbonyl (C=O) groups is 1. The fourth-order valence-corrected chi connectivity index (χ4v) is 1.09. The fraction of sp³-hybridized carbons (Fsp3) is 0.273. The molecule has 78 valence electrons. The van der Waals surface area contributed by atoms with Crippen molar-refractivity contribution in [1.82, 2.24) is 10.3 Å². The molecule has 0 saturated carbocycles. The molecule has 0 radical (unpaired) electrons. The number of terminal acetylenes is 1. The Labute approximate surface area is 87.7 Å². The van der Waals surface area contributed by atoms with Gasteiger partial charge in [0.15, 0.2) is 5.43 Å². The topological polar surface area (TPSA) is 62.0 Å². The van der Waals surface area contributed by atoms with Crippen LogP contribution in [-0.4, -0.2) is 17.4 Å². The summed E-state index contributed by atoms with van der Waals surface area (Å²) in [5.41, 5.74) is 0.544. The van der Waals surface area contributed by atoms with Crippen molar-refractivity contribution in [2.24, 2.45) is 0 Å². The Kier molecular flexibility index (Phi) is 3.69. The van der Waals surface area contributed by atoms with E-state index in [4.69, 9.17) is 6.42 Å². The lowest BCUT2D eigenvalue weighted by atomic mass is 10.2. The summed E-state index contributed by atoms with van der Waals surface area (Å²) in [6.07, 6.45) is 6.89. The normalized spacial score (nSPS) is 9.33. The molecule has 1 aromatic heterocycles. The van der Waals surface area contributed by atoms with E-state index >= 15 is 0 Å². The minimum atomic E-state index is -0.397. The maximum atomic E-state index is 11.5. The molecule has 1 aromatic rings. The second-order valence-corrected chi connectivity index (χ2v) is 3.10. The van der Waals surface area contributed by atoms with Gasteiger partial charge in [-0.3, -0.25) is 9.59 Å². The number of pyridine rings is 1. The van der Waals surface area contributed by atoms with Gasteiger partial charge in [0.1, 0.15) is 5.56 Å². The van der Waals surface area contributed by atoms with Crippen molar-refractivity contribution in [3.8, 4) is 12.3 Å². The molecule has 0 aliphatic carbocycles. The van der Waals surface area contributed by atoms with Crippen LogP contribution in [0.4, 0.5) is 0 Å². The van der Waals surface area contributed by atoms with Crippen LogP contribution in [-0.2, 0) is 0 Å². The molecular weight excluding hydrogens is 192 g/mol. The van der Waals surface area contributed by atoms with Gasteiger partial charge in [0.25, 0.3) is 5.91 Å². The van der Waals surface area contributed by atoms with E-state index in [0.717, 1.165) is 5.69 Å². The minimum absolute atomic E-state index is 0.109. The second kappa shape index (κ2) is 5.01. The standard InChI is InChI=1S/C11H12N2O2/c1-3-4-5-12-11(15)9-7-13-8(2)6-10(9)14/h1,6-7H,4-5H2,2H3,(H,12,15)(H,13,14). The molecule has 2 N–H and O–H groups in total. The summed E-state index contributed by atoms with van der Waals surface area (Å²) >= 11 is 0. The fourth-order valence-electron chi connectivity index (χ4n) is 1.09. The number of H-pyrrole nitrogens is 1. The lowest BCUT2D eigenvalue weighted by Crippen LogP contribution is -2.29. The van der Waals surface area contributed by atoms with E-state index in [9.17, 15) is 9.59 Å². The highest BCUT2D eigenvalue weighted by Crippen LogP contribution is 1.91. The number of hydrogen-bond acceptors (Lipinski definition) is 2. The lowest BCUT2D eigenvalue weighted by Gasteiger charge is -2.02. The van der Waals surface area contributed by atoms with Gasteiger partial charge >= 0.3 is 0 Å². The van der Waals surface area contributed by atoms with Crippen LogP contribution in [0.25, 0.3) is 0 Å². The zero-order valence-electron chi connectivity index (χ0n) is 8.46. The number of aryl methyl sites for hydroxylation is 1. The highest BCUT2D eigenvalue weighted by atomic mass is 16.2. The first-order valence-electron chi connectivity index (χ1n) is 4.56. The maximum absolute atomic E-state index is 11.5. The van der Waals surface area contributed by atoms with Gasteiger partial charge in [-0.05, 0) is 6.92 Å². The van der Waals surface area contributed by atoms with E-state index in [1.165, 1.54) is 12.3 Å². The molecule has 1 rings (SSSR count). The summed E-state index contributed by atoms with van der Waals surface area (Å²) in [4.78, 5) is 25.7. The summed E-state index contributed by atoms with van der Waals surface area (Å²) in [6, 6.07) is 1.39. The molecule has 15 heavy (non-hydrogen) atoms. The smallest absolute Gasteiger partial charge is 0.256 e. The zero-order valence-corrected chi connectivity index (χ0v) is 8.46. The molecule has 0 atom stereocenters. The predicted octanol–water partition coefficient (Wildman–Crippen LogP) is 0.436. The second-order valence-electron chi connectivity index (χ2n) is 3.10. The van der Waals surface area contributed by atoms with Gasteiger partial charge < -0.3 is 10.3 Å². The van der Waals surface area contributed by atoms with Gasteiger partial charge in [0, 0.05) is 30.9 Å². The van der Waals surface area contributed by atoms with Crippen molar-refractivity contribution in [2.45, 2.75) is 13.3 Å². The van der Waals surface area contributed by atoms with Gasteiger partial charge in [-0.25, -0.2) is 0 Å². The molecule has 0 aliphatic rings. The van der Waals surface area contributed by atoms with Gasteiger partial charge in [-0.1, -0.05) is 0 Å². The Morgan fingerprint density at radius 3 is 3.00 bits per heavy atom. The number of hydrogen-bond donors (Lipinski definition) is 2. The summed E-state index contributed by atoms with van der Waals surface area (Å²) in [5, 5.41) is 2.56. The molecule has 0 spiro atoms. The number of aromatic nitrogens is 1. The van der Waals surface area contributed by atoms with Crippen LogP contribution in [0, 0.1) is 19.3 Å².